The zero-order valence-electron chi connectivity index (χ0n) is 11.3. The number of amides is 2. The first-order chi connectivity index (χ1) is 9.61. The van der Waals surface area contributed by atoms with Crippen LogP contribution in [0.5, 0.6) is 0 Å². The van der Waals surface area contributed by atoms with Crippen LogP contribution in [0.25, 0.3) is 0 Å². The molecule has 2 heterocycles. The van der Waals surface area contributed by atoms with E-state index in [4.69, 9.17) is 10.5 Å². The maximum absolute atomic E-state index is 11.8. The normalized spacial score (nSPS) is 18.6. The lowest BCUT2D eigenvalue weighted by Gasteiger charge is -2.33. The summed E-state index contributed by atoms with van der Waals surface area (Å²) in [4.78, 5) is 29.0. The van der Waals surface area contributed by atoms with Gasteiger partial charge < -0.3 is 20.7 Å². The monoisotopic (exact) mass is 278 g/mol. The van der Waals surface area contributed by atoms with Crippen LogP contribution in [0.3, 0.4) is 0 Å². The van der Waals surface area contributed by atoms with E-state index in [1.165, 1.54) is 0 Å². The molecule has 2 amide bonds. The molecule has 108 valence electrons. The highest BCUT2D eigenvalue weighted by Crippen LogP contribution is 2.18. The number of carbonyl (C=O) groups is 2. The van der Waals surface area contributed by atoms with E-state index in [-0.39, 0.29) is 5.91 Å². The van der Waals surface area contributed by atoms with E-state index in [0.717, 1.165) is 5.69 Å². The lowest BCUT2D eigenvalue weighted by molar-refractivity contribution is -0.130. The van der Waals surface area contributed by atoms with Crippen LogP contribution >= 0.6 is 0 Å². The molecule has 1 aromatic heterocycles. The van der Waals surface area contributed by atoms with Crippen molar-refractivity contribution in [3.05, 3.63) is 24.0 Å². The van der Waals surface area contributed by atoms with Crippen molar-refractivity contribution in [3.63, 3.8) is 0 Å². The number of nitrogens with zero attached hydrogens (tertiary/aromatic N) is 2. The summed E-state index contributed by atoms with van der Waals surface area (Å²) in [5.74, 6) is -0.693. The van der Waals surface area contributed by atoms with Gasteiger partial charge in [0.05, 0.1) is 13.2 Å². The highest BCUT2D eigenvalue weighted by atomic mass is 16.5. The molecule has 2 rings (SSSR count). The summed E-state index contributed by atoms with van der Waals surface area (Å²) in [5.41, 5.74) is 6.44. The van der Waals surface area contributed by atoms with Crippen molar-refractivity contribution in [1.82, 2.24) is 10.3 Å². The molecule has 0 aliphatic carbocycles. The minimum Gasteiger partial charge on any atom is -0.367 e. The lowest BCUT2D eigenvalue weighted by Crippen LogP contribution is -2.48. The van der Waals surface area contributed by atoms with Crippen LogP contribution in [0.2, 0.25) is 0 Å². The summed E-state index contributed by atoms with van der Waals surface area (Å²) in [6.07, 6.45) is 0.957. The zero-order valence-corrected chi connectivity index (χ0v) is 11.3. The number of pyridine rings is 1. The molecular formula is C13H18N4O3. The van der Waals surface area contributed by atoms with Crippen molar-refractivity contribution in [2.75, 3.05) is 31.1 Å². The second kappa shape index (κ2) is 6.33. The van der Waals surface area contributed by atoms with Gasteiger partial charge in [0, 0.05) is 25.0 Å². The van der Waals surface area contributed by atoms with Crippen LogP contribution in [0.15, 0.2) is 18.3 Å². The lowest BCUT2D eigenvalue weighted by atomic mass is 10.2. The molecule has 1 atom stereocenters. The second-order valence-electron chi connectivity index (χ2n) is 4.47. The quantitative estimate of drug-likeness (QED) is 0.775. The van der Waals surface area contributed by atoms with E-state index in [1.54, 1.807) is 18.3 Å². The van der Waals surface area contributed by atoms with E-state index < -0.39 is 12.0 Å². The highest BCUT2D eigenvalue weighted by molar-refractivity contribution is 5.93. The molecule has 7 nitrogen and oxygen atoms in total. The van der Waals surface area contributed by atoms with Crippen molar-refractivity contribution >= 4 is 17.5 Å². The molecule has 1 fully saturated rings. The van der Waals surface area contributed by atoms with Gasteiger partial charge in [-0.2, -0.15) is 0 Å². The Morgan fingerprint density at radius 3 is 3.10 bits per heavy atom. The van der Waals surface area contributed by atoms with Crippen molar-refractivity contribution in [1.29, 1.82) is 0 Å². The van der Waals surface area contributed by atoms with Gasteiger partial charge in [-0.15, -0.1) is 0 Å². The van der Waals surface area contributed by atoms with E-state index in [9.17, 15) is 9.59 Å². The van der Waals surface area contributed by atoms with Crippen molar-refractivity contribution in [2.45, 2.75) is 13.0 Å². The average Bonchev–Trinajstić information content (AvgIpc) is 2.48. The maximum Gasteiger partial charge on any atom is 0.269 e. The number of rotatable bonds is 4. The molecule has 0 spiro atoms. The molecule has 1 aliphatic rings. The molecule has 1 aromatic rings. The van der Waals surface area contributed by atoms with Crippen LogP contribution < -0.4 is 16.0 Å². The summed E-state index contributed by atoms with van der Waals surface area (Å²) in [6, 6.07) is 3.50. The Bertz CT molecular complexity index is 506. The molecule has 7 heteroatoms. The van der Waals surface area contributed by atoms with Gasteiger partial charge in [-0.25, -0.2) is 0 Å². The van der Waals surface area contributed by atoms with Gasteiger partial charge in [0.1, 0.15) is 5.69 Å². The third-order valence-corrected chi connectivity index (χ3v) is 3.06. The second-order valence-corrected chi connectivity index (χ2v) is 4.47. The minimum absolute atomic E-state index is 0.214. The predicted octanol–water partition coefficient (Wildman–Crippen LogP) is -0.478. The smallest absolute Gasteiger partial charge is 0.269 e. The average molecular weight is 278 g/mol. The Morgan fingerprint density at radius 2 is 2.40 bits per heavy atom. The fourth-order valence-electron chi connectivity index (χ4n) is 2.05. The number of primary amides is 1. The predicted molar refractivity (Wildman–Crippen MR) is 73.4 cm³/mol. The topological polar surface area (TPSA) is 97.5 Å². The fraction of sp³-hybridized carbons (Fsp3) is 0.462. The van der Waals surface area contributed by atoms with Crippen molar-refractivity contribution in [3.8, 4) is 0 Å². The van der Waals surface area contributed by atoms with Gasteiger partial charge in [-0.3, -0.25) is 14.6 Å². The summed E-state index contributed by atoms with van der Waals surface area (Å²) in [6.45, 7) is 3.84. The molecule has 20 heavy (non-hydrogen) atoms. The summed E-state index contributed by atoms with van der Waals surface area (Å²) in [5, 5.41) is 2.70. The largest absolute Gasteiger partial charge is 0.367 e. The van der Waals surface area contributed by atoms with Gasteiger partial charge in [-0.1, -0.05) is 0 Å². The number of nitrogens with two attached hydrogens (primary N) is 1. The maximum atomic E-state index is 11.8. The molecule has 0 saturated carbocycles. The Balaban J connectivity index is 2.14. The van der Waals surface area contributed by atoms with Crippen LogP contribution in [0.4, 0.5) is 5.69 Å². The number of hydrogen-bond acceptors (Lipinski definition) is 5. The Kier molecular flexibility index (Phi) is 4.52. The summed E-state index contributed by atoms with van der Waals surface area (Å²) >= 11 is 0. The van der Waals surface area contributed by atoms with Gasteiger partial charge in [0.25, 0.3) is 5.91 Å². The third-order valence-electron chi connectivity index (χ3n) is 3.06. The summed E-state index contributed by atoms with van der Waals surface area (Å²) < 4.78 is 5.30. The van der Waals surface area contributed by atoms with Crippen molar-refractivity contribution in [2.24, 2.45) is 5.73 Å². The van der Waals surface area contributed by atoms with E-state index in [0.29, 0.717) is 31.9 Å². The molecule has 0 bridgehead atoms. The standard InChI is InChI=1S/C13H18N4O3/c1-2-15-13(19)10-7-9(3-4-16-10)17-5-6-20-11(8-17)12(14)18/h3-4,7,11H,2,5-6,8H2,1H3,(H2,14,18)(H,15,19)/t11-/m0/s1. The van der Waals surface area contributed by atoms with Crippen LogP contribution in [-0.4, -0.2) is 49.1 Å². The number of hydrogen-bond donors (Lipinski definition) is 2. The molecule has 3 N–H and O–H groups in total. The Hall–Kier alpha value is -2.15. The van der Waals surface area contributed by atoms with E-state index in [1.807, 2.05) is 11.8 Å². The Morgan fingerprint density at radius 1 is 1.60 bits per heavy atom. The van der Waals surface area contributed by atoms with Crippen molar-refractivity contribution < 1.29 is 14.3 Å². The van der Waals surface area contributed by atoms with Crippen LogP contribution in [0, 0.1) is 0 Å². The summed E-state index contributed by atoms with van der Waals surface area (Å²) in [7, 11) is 0. The Labute approximate surface area is 117 Å². The third kappa shape index (κ3) is 3.24. The van der Waals surface area contributed by atoms with E-state index in [2.05, 4.69) is 10.3 Å². The van der Waals surface area contributed by atoms with E-state index >= 15 is 0 Å². The fourth-order valence-corrected chi connectivity index (χ4v) is 2.05. The molecular weight excluding hydrogens is 260 g/mol. The number of nitrogens with one attached hydrogen (secondary N) is 1. The van der Waals surface area contributed by atoms with Crippen LogP contribution in [-0.2, 0) is 9.53 Å². The first-order valence-corrected chi connectivity index (χ1v) is 6.52. The zero-order chi connectivity index (χ0) is 14.5. The minimum atomic E-state index is -0.621. The number of aromatic nitrogens is 1. The molecule has 1 saturated heterocycles. The molecule has 0 radical (unpaired) electrons. The van der Waals surface area contributed by atoms with Gasteiger partial charge in [0.2, 0.25) is 5.91 Å². The number of morpholine rings is 1. The first kappa shape index (κ1) is 14.3. The highest BCUT2D eigenvalue weighted by Gasteiger charge is 2.25. The first-order valence-electron chi connectivity index (χ1n) is 6.52. The number of ether oxygens (including phenoxy) is 1. The molecule has 1 aliphatic heterocycles. The molecule has 0 aromatic carbocycles. The number of anilines is 1. The number of carbonyl (C=O) groups excluding carboxylic acids is 2. The molecule has 0 unspecified atom stereocenters. The van der Waals surface area contributed by atoms with Gasteiger partial charge in [0.15, 0.2) is 6.10 Å². The van der Waals surface area contributed by atoms with Crippen LogP contribution in [0.1, 0.15) is 17.4 Å². The SMILES string of the molecule is CCNC(=O)c1cc(N2CCO[C@H](C(N)=O)C2)ccn1. The van der Waals surface area contributed by atoms with Gasteiger partial charge in [-0.05, 0) is 19.1 Å². The van der Waals surface area contributed by atoms with Gasteiger partial charge >= 0.3 is 0 Å².